The van der Waals surface area contributed by atoms with Gasteiger partial charge in [0.25, 0.3) is 5.91 Å². The lowest BCUT2D eigenvalue weighted by atomic mass is 9.71. The molecule has 3 aromatic heterocycles. The SMILES string of the molecule is CCCCc1cc2ccccc2c(OCC[N+](C)(C)[C@H]2CCC(Cc3ccc(-c4cn(C)nc4Cl)nc3)C[C@@]2(O)C(N)=O)n1. The zero-order valence-corrected chi connectivity index (χ0v) is 26.9. The number of benzene rings is 1. The monoisotopic (exact) mass is 619 g/mol. The molecule has 44 heavy (non-hydrogen) atoms. The normalized spacial score (nSPS) is 20.6. The van der Waals surface area contributed by atoms with Crippen LogP contribution in [0.25, 0.3) is 22.0 Å². The van der Waals surface area contributed by atoms with Gasteiger partial charge in [0.05, 0.1) is 25.4 Å². The Balaban J connectivity index is 1.24. The van der Waals surface area contributed by atoms with Crippen molar-refractivity contribution in [3.8, 4) is 17.1 Å². The minimum absolute atomic E-state index is 0.0936. The highest BCUT2D eigenvalue weighted by Crippen LogP contribution is 2.39. The minimum atomic E-state index is -1.63. The van der Waals surface area contributed by atoms with E-state index in [1.54, 1.807) is 4.68 Å². The highest BCUT2D eigenvalue weighted by Gasteiger charge is 2.54. The molecule has 0 bridgehead atoms. The van der Waals surface area contributed by atoms with Crippen LogP contribution in [0.5, 0.6) is 5.88 Å². The molecule has 234 valence electrons. The molecule has 1 amide bonds. The van der Waals surface area contributed by atoms with Crippen molar-refractivity contribution in [3.63, 3.8) is 0 Å². The van der Waals surface area contributed by atoms with E-state index in [2.05, 4.69) is 29.1 Å². The third kappa shape index (κ3) is 6.90. The number of ether oxygens (including phenoxy) is 1. The van der Waals surface area contributed by atoms with Gasteiger partial charge in [0, 0.05) is 36.9 Å². The summed E-state index contributed by atoms with van der Waals surface area (Å²) in [6.45, 7) is 3.16. The number of nitrogens with zero attached hydrogens (tertiary/aromatic N) is 5. The summed E-state index contributed by atoms with van der Waals surface area (Å²) in [5.41, 5.74) is 7.87. The maximum Gasteiger partial charge on any atom is 0.255 e. The fraction of sp³-hybridized carbons (Fsp3) is 0.471. The van der Waals surface area contributed by atoms with Crippen LogP contribution in [-0.2, 0) is 24.7 Å². The number of quaternary nitrogens is 1. The summed E-state index contributed by atoms with van der Waals surface area (Å²) < 4.78 is 8.37. The van der Waals surface area contributed by atoms with Gasteiger partial charge < -0.3 is 20.1 Å². The van der Waals surface area contributed by atoms with E-state index >= 15 is 0 Å². The number of hydrogen-bond donors (Lipinski definition) is 2. The number of carbonyl (C=O) groups is 1. The first-order chi connectivity index (χ1) is 21.0. The summed E-state index contributed by atoms with van der Waals surface area (Å²) in [6.07, 6.45) is 9.29. The summed E-state index contributed by atoms with van der Waals surface area (Å²) in [5, 5.41) is 18.5. The second-order valence-corrected chi connectivity index (χ2v) is 13.2. The number of halogens is 1. The molecule has 10 heteroatoms. The minimum Gasteiger partial charge on any atom is -0.471 e. The Morgan fingerprint density at radius 1 is 1.23 bits per heavy atom. The van der Waals surface area contributed by atoms with E-state index in [0.29, 0.717) is 47.9 Å². The molecule has 1 aliphatic carbocycles. The molecule has 1 aliphatic rings. The van der Waals surface area contributed by atoms with Gasteiger partial charge in [-0.3, -0.25) is 14.5 Å². The third-order valence-corrected chi connectivity index (χ3v) is 9.41. The van der Waals surface area contributed by atoms with Gasteiger partial charge in [-0.15, -0.1) is 0 Å². The van der Waals surface area contributed by atoms with Crippen molar-refractivity contribution < 1.29 is 19.1 Å². The van der Waals surface area contributed by atoms with Crippen molar-refractivity contribution in [2.24, 2.45) is 18.7 Å². The third-order valence-electron chi connectivity index (χ3n) is 9.13. The van der Waals surface area contributed by atoms with Crippen molar-refractivity contribution in [1.29, 1.82) is 0 Å². The van der Waals surface area contributed by atoms with Gasteiger partial charge in [0.2, 0.25) is 5.88 Å². The fourth-order valence-corrected chi connectivity index (χ4v) is 6.96. The quantitative estimate of drug-likeness (QED) is 0.213. The Kier molecular flexibility index (Phi) is 9.58. The zero-order valence-electron chi connectivity index (χ0n) is 26.2. The first kappa shape index (κ1) is 31.9. The highest BCUT2D eigenvalue weighted by molar-refractivity contribution is 6.32. The molecule has 0 saturated heterocycles. The maximum absolute atomic E-state index is 12.8. The van der Waals surface area contributed by atoms with Crippen LogP contribution in [0.15, 0.2) is 54.9 Å². The van der Waals surface area contributed by atoms with E-state index in [1.165, 1.54) is 0 Å². The Morgan fingerprint density at radius 2 is 2.02 bits per heavy atom. The highest BCUT2D eigenvalue weighted by atomic mass is 35.5. The van der Waals surface area contributed by atoms with Gasteiger partial charge in [0.1, 0.15) is 19.2 Å². The average molecular weight is 620 g/mol. The van der Waals surface area contributed by atoms with E-state index < -0.39 is 11.5 Å². The lowest BCUT2D eigenvalue weighted by Gasteiger charge is -2.49. The number of likely N-dealkylation sites (N-methyl/N-ethyl adjacent to an activating group) is 1. The lowest BCUT2D eigenvalue weighted by Crippen LogP contribution is -2.68. The summed E-state index contributed by atoms with van der Waals surface area (Å²) >= 11 is 6.24. The van der Waals surface area contributed by atoms with E-state index in [-0.39, 0.29) is 12.0 Å². The summed E-state index contributed by atoms with van der Waals surface area (Å²) in [7, 11) is 5.90. The molecule has 1 saturated carbocycles. The molecule has 0 aliphatic heterocycles. The lowest BCUT2D eigenvalue weighted by molar-refractivity contribution is -0.922. The van der Waals surface area contributed by atoms with Crippen LogP contribution in [0.1, 0.15) is 50.3 Å². The molecule has 0 radical (unpaired) electrons. The predicted molar refractivity (Wildman–Crippen MR) is 173 cm³/mol. The number of aryl methyl sites for hydroxylation is 2. The van der Waals surface area contributed by atoms with Crippen molar-refractivity contribution in [3.05, 3.63) is 71.3 Å². The second kappa shape index (κ2) is 13.2. The fourth-order valence-electron chi connectivity index (χ4n) is 6.70. The number of hydrogen-bond acceptors (Lipinski definition) is 6. The van der Waals surface area contributed by atoms with Crippen LogP contribution in [0.4, 0.5) is 0 Å². The standard InChI is InChI=1S/C34H43ClN6O3/c1-5-6-10-26-19-25-9-7-8-11-27(25)32(38-26)44-17-16-41(3,4)30-15-13-23(20-34(30,43)33(36)42)18-24-12-14-29(37-21-24)28-22-40(2)39-31(28)35/h7-9,11-12,14,19,21-23,30,43H,5-6,10,13,15-18,20H2,1-4H3,(H-,36,42)/p+1/t23?,30-,34-/m0/s1. The van der Waals surface area contributed by atoms with Gasteiger partial charge in [-0.1, -0.05) is 49.2 Å². The Hall–Kier alpha value is -3.53. The molecule has 3 N–H and O–H groups in total. The molecular formula is C34H44ClN6O3+. The molecule has 1 fully saturated rings. The Morgan fingerprint density at radius 3 is 2.70 bits per heavy atom. The number of carbonyl (C=O) groups excluding carboxylic acids is 1. The van der Waals surface area contributed by atoms with Crippen molar-refractivity contribution in [1.82, 2.24) is 19.7 Å². The number of fused-ring (bicyclic) bond motifs is 1. The summed E-state index contributed by atoms with van der Waals surface area (Å²) in [4.78, 5) is 22.3. The second-order valence-electron chi connectivity index (χ2n) is 12.8. The zero-order chi connectivity index (χ0) is 31.5. The van der Waals surface area contributed by atoms with Crippen molar-refractivity contribution >= 4 is 28.3 Å². The van der Waals surface area contributed by atoms with Crippen LogP contribution in [0, 0.1) is 5.92 Å². The van der Waals surface area contributed by atoms with Gasteiger partial charge in [0.15, 0.2) is 10.8 Å². The largest absolute Gasteiger partial charge is 0.471 e. The first-order valence-corrected chi connectivity index (χ1v) is 15.9. The predicted octanol–water partition coefficient (Wildman–Crippen LogP) is 5.11. The number of unbranched alkanes of at least 4 members (excludes halogenated alkanes) is 1. The Bertz CT molecular complexity index is 1600. The molecule has 9 nitrogen and oxygen atoms in total. The number of amides is 1. The van der Waals surface area contributed by atoms with Crippen LogP contribution in [-0.4, -0.2) is 74.1 Å². The first-order valence-electron chi connectivity index (χ1n) is 15.5. The van der Waals surface area contributed by atoms with Gasteiger partial charge in [-0.2, -0.15) is 5.10 Å². The maximum atomic E-state index is 12.8. The topological polar surface area (TPSA) is 116 Å². The van der Waals surface area contributed by atoms with Crippen molar-refractivity contribution in [2.75, 3.05) is 27.2 Å². The number of aliphatic hydroxyl groups is 1. The molecule has 3 heterocycles. The van der Waals surface area contributed by atoms with E-state index in [0.717, 1.165) is 59.0 Å². The smallest absolute Gasteiger partial charge is 0.255 e. The van der Waals surface area contributed by atoms with E-state index in [4.69, 9.17) is 27.1 Å². The van der Waals surface area contributed by atoms with Gasteiger partial charge in [-0.25, -0.2) is 4.98 Å². The van der Waals surface area contributed by atoms with Crippen molar-refractivity contribution in [2.45, 2.75) is 63.5 Å². The number of aromatic nitrogens is 4. The summed E-state index contributed by atoms with van der Waals surface area (Å²) in [6, 6.07) is 13.9. The molecule has 1 aromatic carbocycles. The van der Waals surface area contributed by atoms with E-state index in [1.807, 2.05) is 63.9 Å². The number of pyridine rings is 2. The van der Waals surface area contributed by atoms with Crippen LogP contribution in [0.2, 0.25) is 5.15 Å². The summed E-state index contributed by atoms with van der Waals surface area (Å²) in [5.74, 6) is 0.0554. The Labute approximate surface area is 264 Å². The molecular weight excluding hydrogens is 576 g/mol. The number of primary amides is 1. The van der Waals surface area contributed by atoms with Crippen LogP contribution < -0.4 is 10.5 Å². The van der Waals surface area contributed by atoms with Gasteiger partial charge in [-0.05, 0) is 67.2 Å². The van der Waals surface area contributed by atoms with Crippen LogP contribution in [0.3, 0.4) is 0 Å². The molecule has 0 spiro atoms. The molecule has 3 atom stereocenters. The van der Waals surface area contributed by atoms with E-state index in [9.17, 15) is 9.90 Å². The van der Waals surface area contributed by atoms with Gasteiger partial charge >= 0.3 is 0 Å². The molecule has 5 rings (SSSR count). The average Bonchev–Trinajstić information content (AvgIpc) is 3.33. The van der Waals surface area contributed by atoms with Crippen LogP contribution >= 0.6 is 11.6 Å². The number of rotatable bonds is 12. The molecule has 1 unspecified atom stereocenters. The molecule has 4 aromatic rings. The number of nitrogens with two attached hydrogens (primary N) is 1.